The molecule has 1 aromatic heterocycles. The molecule has 1 aliphatic heterocycles. The number of benzene rings is 2. The molecule has 27 heavy (non-hydrogen) atoms. The summed E-state index contributed by atoms with van der Waals surface area (Å²) in [7, 11) is 0. The maximum absolute atomic E-state index is 13.0. The van der Waals surface area contributed by atoms with Crippen LogP contribution in [0.1, 0.15) is 35.9 Å². The first-order valence-electron chi connectivity index (χ1n) is 9.11. The van der Waals surface area contributed by atoms with E-state index in [1.54, 1.807) is 22.8 Å². The minimum absolute atomic E-state index is 0.0467. The molecule has 3 aromatic rings. The third kappa shape index (κ3) is 3.47. The van der Waals surface area contributed by atoms with E-state index in [0.717, 1.165) is 25.1 Å². The fourth-order valence-electron chi connectivity index (χ4n) is 3.54. The highest BCUT2D eigenvalue weighted by molar-refractivity contribution is 6.06. The number of nitrogens with one attached hydrogen (secondary N) is 1. The van der Waals surface area contributed by atoms with Gasteiger partial charge in [-0.15, -0.1) is 0 Å². The number of fused-ring (bicyclic) bond motifs is 2. The zero-order chi connectivity index (χ0) is 19.0. The van der Waals surface area contributed by atoms with Crippen molar-refractivity contribution in [1.82, 2.24) is 9.55 Å². The van der Waals surface area contributed by atoms with Gasteiger partial charge in [-0.05, 0) is 61.2 Å². The van der Waals surface area contributed by atoms with Gasteiger partial charge in [-0.3, -0.25) is 14.2 Å². The SMILES string of the molecule is CC1CCCn2c(nc3cc(C(=O)Nc4ccc(F)cc4)ccc3c2=O)C1. The lowest BCUT2D eigenvalue weighted by atomic mass is 10.0. The molecule has 4 rings (SSSR count). The number of amides is 1. The number of carbonyl (C=O) groups is 1. The number of hydrogen-bond acceptors (Lipinski definition) is 3. The monoisotopic (exact) mass is 365 g/mol. The van der Waals surface area contributed by atoms with Gasteiger partial charge in [0.1, 0.15) is 11.6 Å². The molecule has 1 aliphatic rings. The van der Waals surface area contributed by atoms with E-state index in [0.29, 0.717) is 34.6 Å². The summed E-state index contributed by atoms with van der Waals surface area (Å²) in [5, 5.41) is 3.25. The normalized spacial score (nSPS) is 16.6. The quantitative estimate of drug-likeness (QED) is 0.752. The average Bonchev–Trinajstić information content (AvgIpc) is 2.84. The summed E-state index contributed by atoms with van der Waals surface area (Å²) in [5.74, 6) is 0.577. The lowest BCUT2D eigenvalue weighted by molar-refractivity contribution is 0.102. The molecule has 0 bridgehead atoms. The molecule has 1 unspecified atom stereocenters. The first kappa shape index (κ1) is 17.4. The van der Waals surface area contributed by atoms with Gasteiger partial charge in [-0.25, -0.2) is 9.37 Å². The second-order valence-corrected chi connectivity index (χ2v) is 7.13. The molecular weight excluding hydrogens is 345 g/mol. The molecule has 1 amide bonds. The van der Waals surface area contributed by atoms with Gasteiger partial charge in [0.2, 0.25) is 0 Å². The number of halogens is 1. The summed E-state index contributed by atoms with van der Waals surface area (Å²) < 4.78 is 14.8. The molecular formula is C21H20FN3O2. The zero-order valence-electron chi connectivity index (χ0n) is 15.0. The van der Waals surface area contributed by atoms with Gasteiger partial charge >= 0.3 is 0 Å². The minimum atomic E-state index is -0.363. The van der Waals surface area contributed by atoms with Crippen molar-refractivity contribution in [2.75, 3.05) is 5.32 Å². The van der Waals surface area contributed by atoms with Crippen LogP contribution in [0.15, 0.2) is 47.3 Å². The third-order valence-corrected chi connectivity index (χ3v) is 5.01. The van der Waals surface area contributed by atoms with E-state index in [4.69, 9.17) is 0 Å². The second-order valence-electron chi connectivity index (χ2n) is 7.13. The van der Waals surface area contributed by atoms with E-state index in [1.165, 1.54) is 24.3 Å². The average molecular weight is 365 g/mol. The lowest BCUT2D eigenvalue weighted by Gasteiger charge is -2.12. The highest BCUT2D eigenvalue weighted by Gasteiger charge is 2.18. The molecule has 0 radical (unpaired) electrons. The van der Waals surface area contributed by atoms with E-state index >= 15 is 0 Å². The van der Waals surface area contributed by atoms with Gasteiger partial charge < -0.3 is 5.32 Å². The van der Waals surface area contributed by atoms with E-state index < -0.39 is 0 Å². The minimum Gasteiger partial charge on any atom is -0.322 e. The van der Waals surface area contributed by atoms with Crippen molar-refractivity contribution >= 4 is 22.5 Å². The van der Waals surface area contributed by atoms with Crippen molar-refractivity contribution in [2.45, 2.75) is 32.7 Å². The fraction of sp³-hybridized carbons (Fsp3) is 0.286. The summed E-state index contributed by atoms with van der Waals surface area (Å²) in [6.45, 7) is 2.85. The molecule has 5 nitrogen and oxygen atoms in total. The first-order chi connectivity index (χ1) is 13.0. The van der Waals surface area contributed by atoms with Gasteiger partial charge in [0.05, 0.1) is 10.9 Å². The van der Waals surface area contributed by atoms with Crippen molar-refractivity contribution in [3.8, 4) is 0 Å². The number of nitrogens with zero attached hydrogens (tertiary/aromatic N) is 2. The number of rotatable bonds is 2. The molecule has 0 spiro atoms. The van der Waals surface area contributed by atoms with Crippen LogP contribution in [0.3, 0.4) is 0 Å². The Balaban J connectivity index is 1.70. The van der Waals surface area contributed by atoms with Crippen LogP contribution in [0.2, 0.25) is 0 Å². The Morgan fingerprint density at radius 2 is 2.00 bits per heavy atom. The highest BCUT2D eigenvalue weighted by atomic mass is 19.1. The number of carbonyl (C=O) groups excluding carboxylic acids is 1. The van der Waals surface area contributed by atoms with Crippen molar-refractivity contribution in [2.24, 2.45) is 5.92 Å². The maximum atomic E-state index is 13.0. The van der Waals surface area contributed by atoms with Crippen molar-refractivity contribution < 1.29 is 9.18 Å². The van der Waals surface area contributed by atoms with Crippen LogP contribution in [0.5, 0.6) is 0 Å². The predicted octanol–water partition coefficient (Wildman–Crippen LogP) is 3.76. The summed E-state index contributed by atoms with van der Waals surface area (Å²) in [4.78, 5) is 30.0. The molecule has 1 atom stereocenters. The standard InChI is InChI=1S/C21H20FN3O2/c1-13-3-2-10-25-19(11-13)24-18-12-14(4-9-17(18)21(25)27)20(26)23-16-7-5-15(22)6-8-16/h4-9,12-13H,2-3,10-11H2,1H3,(H,23,26). The van der Waals surface area contributed by atoms with E-state index in [2.05, 4.69) is 17.2 Å². The smallest absolute Gasteiger partial charge is 0.261 e. The van der Waals surface area contributed by atoms with Crippen LogP contribution < -0.4 is 10.9 Å². The van der Waals surface area contributed by atoms with Gasteiger partial charge in [0.25, 0.3) is 11.5 Å². The van der Waals surface area contributed by atoms with Gasteiger partial charge in [0, 0.05) is 24.2 Å². The Hall–Kier alpha value is -3.02. The molecule has 2 heterocycles. The molecule has 1 N–H and O–H groups in total. The predicted molar refractivity (Wildman–Crippen MR) is 102 cm³/mol. The maximum Gasteiger partial charge on any atom is 0.261 e. The Kier molecular flexibility index (Phi) is 4.48. The molecule has 0 aliphatic carbocycles. The molecule has 6 heteroatoms. The fourth-order valence-corrected chi connectivity index (χ4v) is 3.54. The summed E-state index contributed by atoms with van der Waals surface area (Å²) in [6, 6.07) is 10.5. The van der Waals surface area contributed by atoms with Crippen LogP contribution in [-0.2, 0) is 13.0 Å². The van der Waals surface area contributed by atoms with Gasteiger partial charge in [-0.2, -0.15) is 0 Å². The Bertz CT molecular complexity index is 1070. The Morgan fingerprint density at radius 3 is 2.78 bits per heavy atom. The topological polar surface area (TPSA) is 64.0 Å². The Morgan fingerprint density at radius 1 is 1.22 bits per heavy atom. The first-order valence-corrected chi connectivity index (χ1v) is 9.11. The van der Waals surface area contributed by atoms with Crippen LogP contribution in [0, 0.1) is 11.7 Å². The molecule has 0 fully saturated rings. The van der Waals surface area contributed by atoms with E-state index in [9.17, 15) is 14.0 Å². The third-order valence-electron chi connectivity index (χ3n) is 5.01. The van der Waals surface area contributed by atoms with Crippen LogP contribution >= 0.6 is 0 Å². The number of anilines is 1. The molecule has 138 valence electrons. The van der Waals surface area contributed by atoms with Crippen molar-refractivity contribution in [3.05, 3.63) is 70.0 Å². The summed E-state index contributed by atoms with van der Waals surface area (Å²) in [6.07, 6.45) is 2.81. The van der Waals surface area contributed by atoms with Gasteiger partial charge in [-0.1, -0.05) is 6.92 Å². The van der Waals surface area contributed by atoms with Gasteiger partial charge in [0.15, 0.2) is 0 Å². The summed E-state index contributed by atoms with van der Waals surface area (Å²) >= 11 is 0. The summed E-state index contributed by atoms with van der Waals surface area (Å²) in [5.41, 5.74) is 1.40. The molecule has 0 saturated heterocycles. The lowest BCUT2D eigenvalue weighted by Crippen LogP contribution is -2.25. The van der Waals surface area contributed by atoms with Crippen molar-refractivity contribution in [1.29, 1.82) is 0 Å². The van der Waals surface area contributed by atoms with Crippen LogP contribution in [-0.4, -0.2) is 15.5 Å². The van der Waals surface area contributed by atoms with Crippen molar-refractivity contribution in [3.63, 3.8) is 0 Å². The second kappa shape index (κ2) is 6.95. The van der Waals surface area contributed by atoms with Crippen LogP contribution in [0.4, 0.5) is 10.1 Å². The largest absolute Gasteiger partial charge is 0.322 e. The van der Waals surface area contributed by atoms with E-state index in [-0.39, 0.29) is 17.3 Å². The number of aromatic nitrogens is 2. The van der Waals surface area contributed by atoms with E-state index in [1.807, 2.05) is 0 Å². The Labute approximate surface area is 155 Å². The molecule has 2 aromatic carbocycles. The number of hydrogen-bond donors (Lipinski definition) is 1. The highest BCUT2D eigenvalue weighted by Crippen LogP contribution is 2.20. The zero-order valence-corrected chi connectivity index (χ0v) is 15.0. The van der Waals surface area contributed by atoms with Crippen LogP contribution in [0.25, 0.3) is 10.9 Å². The molecule has 0 saturated carbocycles.